The molecule has 2 aromatic heterocycles. The number of rotatable bonds is 3. The van der Waals surface area contributed by atoms with Gasteiger partial charge in [-0.1, -0.05) is 11.2 Å². The topological polar surface area (TPSA) is 94.0 Å². The zero-order valence-corrected chi connectivity index (χ0v) is 11.0. The van der Waals surface area contributed by atoms with Gasteiger partial charge in [-0.2, -0.15) is 4.98 Å². The lowest BCUT2D eigenvalue weighted by Crippen LogP contribution is -2.06. The highest BCUT2D eigenvalue weighted by atomic mass is 16.5. The Morgan fingerprint density at radius 3 is 2.80 bits per heavy atom. The fraction of sp³-hybridized carbons (Fsp3) is 0.231. The van der Waals surface area contributed by atoms with Gasteiger partial charge in [0.25, 0.3) is 0 Å². The van der Waals surface area contributed by atoms with Crippen LogP contribution >= 0.6 is 0 Å². The minimum Gasteiger partial charge on any atom is -0.478 e. The number of carboxylic acids is 1. The standard InChI is InChI=1S/C13H12N4O3/c1-7-14-11(20-16-7)6-17-8(2)15-10-5-3-4-9(12(10)17)13(18)19/h3-5H,6H2,1-2H3,(H,18,19). The number of imidazole rings is 1. The first-order chi connectivity index (χ1) is 9.56. The fourth-order valence-electron chi connectivity index (χ4n) is 2.21. The van der Waals surface area contributed by atoms with Gasteiger partial charge in [-0.15, -0.1) is 0 Å². The average molecular weight is 272 g/mol. The van der Waals surface area contributed by atoms with Crippen molar-refractivity contribution in [1.82, 2.24) is 19.7 Å². The summed E-state index contributed by atoms with van der Waals surface area (Å²) in [6.45, 7) is 3.84. The molecule has 0 bridgehead atoms. The van der Waals surface area contributed by atoms with Gasteiger partial charge >= 0.3 is 5.97 Å². The van der Waals surface area contributed by atoms with E-state index >= 15 is 0 Å². The predicted molar refractivity (Wildman–Crippen MR) is 69.6 cm³/mol. The molecule has 1 N–H and O–H groups in total. The Bertz CT molecular complexity index is 803. The van der Waals surface area contributed by atoms with Crippen molar-refractivity contribution in [1.29, 1.82) is 0 Å². The lowest BCUT2D eigenvalue weighted by molar-refractivity contribution is 0.0698. The van der Waals surface area contributed by atoms with Crippen LogP contribution in [0.1, 0.15) is 27.9 Å². The molecule has 20 heavy (non-hydrogen) atoms. The first kappa shape index (κ1) is 12.3. The van der Waals surface area contributed by atoms with Gasteiger partial charge in [0, 0.05) is 0 Å². The average Bonchev–Trinajstić information content (AvgIpc) is 2.94. The molecule has 0 unspecified atom stereocenters. The summed E-state index contributed by atoms with van der Waals surface area (Å²) in [6, 6.07) is 5.02. The Balaban J connectivity index is 2.18. The van der Waals surface area contributed by atoms with E-state index in [1.54, 1.807) is 29.7 Å². The third-order valence-corrected chi connectivity index (χ3v) is 3.05. The molecule has 7 heteroatoms. The van der Waals surface area contributed by atoms with Crippen LogP contribution in [0.4, 0.5) is 0 Å². The second-order valence-electron chi connectivity index (χ2n) is 4.46. The second-order valence-corrected chi connectivity index (χ2v) is 4.46. The SMILES string of the molecule is Cc1noc(Cn2c(C)nc3cccc(C(=O)O)c32)n1. The van der Waals surface area contributed by atoms with Gasteiger partial charge in [0.2, 0.25) is 5.89 Å². The van der Waals surface area contributed by atoms with Crippen LogP contribution in [0.15, 0.2) is 22.7 Å². The zero-order valence-electron chi connectivity index (χ0n) is 11.0. The van der Waals surface area contributed by atoms with Crippen molar-refractivity contribution in [2.75, 3.05) is 0 Å². The summed E-state index contributed by atoms with van der Waals surface area (Å²) in [5, 5.41) is 13.0. The van der Waals surface area contributed by atoms with Crippen molar-refractivity contribution in [3.63, 3.8) is 0 Å². The highest BCUT2D eigenvalue weighted by Crippen LogP contribution is 2.21. The van der Waals surface area contributed by atoms with E-state index in [9.17, 15) is 9.90 Å². The molecule has 3 aromatic rings. The van der Waals surface area contributed by atoms with E-state index in [1.165, 1.54) is 0 Å². The Morgan fingerprint density at radius 1 is 1.35 bits per heavy atom. The maximum atomic E-state index is 11.3. The number of nitrogens with zero attached hydrogens (tertiary/aromatic N) is 4. The molecule has 0 saturated carbocycles. The number of aromatic nitrogens is 4. The van der Waals surface area contributed by atoms with E-state index in [0.29, 0.717) is 35.1 Å². The summed E-state index contributed by atoms with van der Waals surface area (Å²) < 4.78 is 6.85. The van der Waals surface area contributed by atoms with Crippen LogP contribution in [0, 0.1) is 13.8 Å². The largest absolute Gasteiger partial charge is 0.478 e. The third kappa shape index (κ3) is 1.93. The molecule has 1 aromatic carbocycles. The van der Waals surface area contributed by atoms with Gasteiger partial charge in [-0.05, 0) is 26.0 Å². The molecule has 0 aliphatic heterocycles. The molecule has 2 heterocycles. The highest BCUT2D eigenvalue weighted by molar-refractivity contribution is 6.01. The van der Waals surface area contributed by atoms with Crippen LogP contribution in [-0.4, -0.2) is 30.8 Å². The van der Waals surface area contributed by atoms with E-state index < -0.39 is 5.97 Å². The van der Waals surface area contributed by atoms with Gasteiger partial charge in [-0.25, -0.2) is 9.78 Å². The predicted octanol–water partition coefficient (Wildman–Crippen LogP) is 1.78. The first-order valence-corrected chi connectivity index (χ1v) is 6.04. The van der Waals surface area contributed by atoms with Gasteiger partial charge in [-0.3, -0.25) is 0 Å². The number of aromatic carboxylic acids is 1. The normalized spacial score (nSPS) is 11.1. The van der Waals surface area contributed by atoms with E-state index in [4.69, 9.17) is 4.52 Å². The molecule has 0 aliphatic carbocycles. The van der Waals surface area contributed by atoms with Crippen LogP contribution in [0.2, 0.25) is 0 Å². The Kier molecular flexibility index (Phi) is 2.74. The number of hydrogen-bond acceptors (Lipinski definition) is 5. The second kappa shape index (κ2) is 4.44. The molecule has 0 fully saturated rings. The Hall–Kier alpha value is -2.70. The van der Waals surface area contributed by atoms with Gasteiger partial charge < -0.3 is 14.2 Å². The Labute approximate surface area is 113 Å². The maximum Gasteiger partial charge on any atom is 0.337 e. The van der Waals surface area contributed by atoms with E-state index in [0.717, 1.165) is 0 Å². The molecule has 102 valence electrons. The van der Waals surface area contributed by atoms with Crippen LogP contribution in [0.5, 0.6) is 0 Å². The fourth-order valence-corrected chi connectivity index (χ4v) is 2.21. The monoisotopic (exact) mass is 272 g/mol. The molecule has 0 radical (unpaired) electrons. The molecule has 7 nitrogen and oxygen atoms in total. The van der Waals surface area contributed by atoms with Crippen LogP contribution < -0.4 is 0 Å². The van der Waals surface area contributed by atoms with Crippen molar-refractivity contribution in [2.24, 2.45) is 0 Å². The molecule has 0 saturated heterocycles. The zero-order chi connectivity index (χ0) is 14.3. The summed E-state index contributed by atoms with van der Waals surface area (Å²) in [6.07, 6.45) is 0. The van der Waals surface area contributed by atoms with Crippen molar-refractivity contribution in [3.05, 3.63) is 41.3 Å². The number of para-hydroxylation sites is 1. The van der Waals surface area contributed by atoms with Gasteiger partial charge in [0.1, 0.15) is 12.4 Å². The van der Waals surface area contributed by atoms with Gasteiger partial charge in [0.15, 0.2) is 5.82 Å². The smallest absolute Gasteiger partial charge is 0.337 e. The van der Waals surface area contributed by atoms with Crippen molar-refractivity contribution >= 4 is 17.0 Å². The van der Waals surface area contributed by atoms with Crippen molar-refractivity contribution in [3.8, 4) is 0 Å². The number of carbonyl (C=O) groups is 1. The van der Waals surface area contributed by atoms with E-state index in [1.807, 2.05) is 6.92 Å². The Morgan fingerprint density at radius 2 is 2.15 bits per heavy atom. The first-order valence-electron chi connectivity index (χ1n) is 6.04. The lowest BCUT2D eigenvalue weighted by Gasteiger charge is -2.05. The van der Waals surface area contributed by atoms with E-state index in [-0.39, 0.29) is 5.56 Å². The lowest BCUT2D eigenvalue weighted by atomic mass is 10.2. The summed E-state index contributed by atoms with van der Waals surface area (Å²) in [5.74, 6) is 0.675. The number of benzene rings is 1. The molecule has 0 atom stereocenters. The summed E-state index contributed by atoms with van der Waals surface area (Å²) in [5.41, 5.74) is 1.41. The molecule has 3 rings (SSSR count). The molecule has 0 aliphatic rings. The summed E-state index contributed by atoms with van der Waals surface area (Å²) in [4.78, 5) is 19.8. The third-order valence-electron chi connectivity index (χ3n) is 3.05. The number of hydrogen-bond donors (Lipinski definition) is 1. The molecular weight excluding hydrogens is 260 g/mol. The summed E-state index contributed by atoms with van der Waals surface area (Å²) in [7, 11) is 0. The van der Waals surface area contributed by atoms with Crippen molar-refractivity contribution < 1.29 is 14.4 Å². The van der Waals surface area contributed by atoms with Crippen molar-refractivity contribution in [2.45, 2.75) is 20.4 Å². The minimum absolute atomic E-state index is 0.208. The number of fused-ring (bicyclic) bond motifs is 1. The van der Waals surface area contributed by atoms with Crippen LogP contribution in [-0.2, 0) is 6.54 Å². The molecular formula is C13H12N4O3. The van der Waals surface area contributed by atoms with E-state index in [2.05, 4.69) is 15.1 Å². The quantitative estimate of drug-likeness (QED) is 0.781. The number of aryl methyl sites for hydroxylation is 2. The van der Waals surface area contributed by atoms with Crippen LogP contribution in [0.3, 0.4) is 0 Å². The molecule has 0 amide bonds. The minimum atomic E-state index is -0.988. The summed E-state index contributed by atoms with van der Waals surface area (Å²) >= 11 is 0. The maximum absolute atomic E-state index is 11.3. The number of carboxylic acid groups (broad SMARTS) is 1. The molecule has 0 spiro atoms. The van der Waals surface area contributed by atoms with Gasteiger partial charge in [0.05, 0.1) is 16.6 Å². The van der Waals surface area contributed by atoms with Crippen LogP contribution in [0.25, 0.3) is 11.0 Å². The highest BCUT2D eigenvalue weighted by Gasteiger charge is 2.17.